The van der Waals surface area contributed by atoms with E-state index in [4.69, 9.17) is 0 Å². The summed E-state index contributed by atoms with van der Waals surface area (Å²) in [6.45, 7) is 18.0. The smallest absolute Gasteiger partial charge is 0.0637 e. The Morgan fingerprint density at radius 1 is 0.900 bits per heavy atom. The Kier molecular flexibility index (Phi) is 6.60. The maximum atomic E-state index is 2.53. The van der Waals surface area contributed by atoms with Crippen molar-refractivity contribution in [2.45, 2.75) is 47.5 Å². The average molecular weight is 293 g/mol. The van der Waals surface area contributed by atoms with Gasteiger partial charge in [0.1, 0.15) is 0 Å². The number of rotatable bonds is 7. The summed E-state index contributed by atoms with van der Waals surface area (Å²) in [5, 5.41) is 1.55. The number of hydrogen-bond acceptors (Lipinski definition) is 2. The van der Waals surface area contributed by atoms with E-state index < -0.39 is 0 Å². The van der Waals surface area contributed by atoms with Gasteiger partial charge in [-0.3, -0.25) is 0 Å². The fourth-order valence-electron chi connectivity index (χ4n) is 3.12. The molecular formula is C17H32N2Si. The van der Waals surface area contributed by atoms with Crippen molar-refractivity contribution in [2.24, 2.45) is 0 Å². The van der Waals surface area contributed by atoms with E-state index in [0.717, 1.165) is 36.4 Å². The van der Waals surface area contributed by atoms with E-state index in [9.17, 15) is 0 Å². The van der Waals surface area contributed by atoms with Gasteiger partial charge in [0.25, 0.3) is 0 Å². The Labute approximate surface area is 128 Å². The van der Waals surface area contributed by atoms with E-state index >= 15 is 0 Å². The van der Waals surface area contributed by atoms with Crippen molar-refractivity contribution in [3.05, 3.63) is 17.7 Å². The molecule has 0 radical (unpaired) electrons. The van der Waals surface area contributed by atoms with E-state index in [-0.39, 0.29) is 0 Å². The van der Waals surface area contributed by atoms with Crippen molar-refractivity contribution >= 4 is 26.8 Å². The van der Waals surface area contributed by atoms with Gasteiger partial charge in [0.15, 0.2) is 0 Å². The number of hydrogen-bond donors (Lipinski definition) is 0. The highest BCUT2D eigenvalue weighted by Gasteiger charge is 2.20. The van der Waals surface area contributed by atoms with Crippen LogP contribution in [0.15, 0.2) is 12.1 Å². The average Bonchev–Trinajstić information content (AvgIpc) is 2.43. The number of anilines is 2. The van der Waals surface area contributed by atoms with E-state index in [1.54, 1.807) is 10.8 Å². The molecule has 0 saturated carbocycles. The van der Waals surface area contributed by atoms with Crippen molar-refractivity contribution in [1.82, 2.24) is 0 Å². The van der Waals surface area contributed by atoms with Gasteiger partial charge in [-0.2, -0.15) is 0 Å². The number of benzene rings is 1. The normalized spacial score (nSPS) is 11.2. The van der Waals surface area contributed by atoms with Crippen LogP contribution < -0.4 is 15.0 Å². The van der Waals surface area contributed by atoms with Gasteiger partial charge >= 0.3 is 0 Å². The molecule has 1 aromatic carbocycles. The van der Waals surface area contributed by atoms with Crippen molar-refractivity contribution in [3.8, 4) is 0 Å². The van der Waals surface area contributed by atoms with Gasteiger partial charge in [0, 0.05) is 36.4 Å². The first-order valence-corrected chi connectivity index (χ1v) is 9.14. The standard InChI is InChI=1S/C17H32N2Si/c1-7-18(8-2)14-11-12-15(20)16(13(5)6)17(14)19(9-3)10-4/h11-13H,7-10H2,1-6,20H3. The molecule has 0 amide bonds. The summed E-state index contributed by atoms with van der Waals surface area (Å²) in [7, 11) is 1.12. The fourth-order valence-corrected chi connectivity index (χ4v) is 4.10. The Morgan fingerprint density at radius 2 is 1.40 bits per heavy atom. The SMILES string of the molecule is CCN(CC)c1ccc([SiH3])c(C(C)C)c1N(CC)CC. The van der Waals surface area contributed by atoms with Crippen LogP contribution in [0.5, 0.6) is 0 Å². The van der Waals surface area contributed by atoms with Crippen LogP contribution in [0.25, 0.3) is 0 Å². The zero-order valence-corrected chi connectivity index (χ0v) is 16.5. The molecule has 20 heavy (non-hydrogen) atoms. The Balaban J connectivity index is 3.55. The summed E-state index contributed by atoms with van der Waals surface area (Å²) in [5.74, 6) is 0.591. The Bertz CT molecular complexity index is 421. The van der Waals surface area contributed by atoms with Crippen molar-refractivity contribution in [1.29, 1.82) is 0 Å². The highest BCUT2D eigenvalue weighted by Crippen LogP contribution is 2.35. The molecule has 0 aliphatic rings. The quantitative estimate of drug-likeness (QED) is 0.713. The molecule has 0 spiro atoms. The van der Waals surface area contributed by atoms with Crippen LogP contribution in [0, 0.1) is 0 Å². The van der Waals surface area contributed by atoms with Gasteiger partial charge in [0.05, 0.1) is 11.4 Å². The minimum absolute atomic E-state index is 0.591. The van der Waals surface area contributed by atoms with Crippen molar-refractivity contribution < 1.29 is 0 Å². The lowest BCUT2D eigenvalue weighted by atomic mass is 9.98. The van der Waals surface area contributed by atoms with Crippen molar-refractivity contribution in [3.63, 3.8) is 0 Å². The molecule has 0 bridgehead atoms. The molecule has 1 rings (SSSR count). The predicted molar refractivity (Wildman–Crippen MR) is 97.2 cm³/mol. The second-order valence-corrected chi connectivity index (χ2v) is 6.74. The van der Waals surface area contributed by atoms with Crippen LogP contribution >= 0.6 is 0 Å². The third kappa shape index (κ3) is 3.37. The van der Waals surface area contributed by atoms with Crippen LogP contribution in [0.2, 0.25) is 0 Å². The van der Waals surface area contributed by atoms with E-state index in [0.29, 0.717) is 5.92 Å². The summed E-state index contributed by atoms with van der Waals surface area (Å²) in [6.07, 6.45) is 0. The molecule has 1 aromatic rings. The van der Waals surface area contributed by atoms with Crippen LogP contribution in [0.1, 0.15) is 53.0 Å². The maximum Gasteiger partial charge on any atom is 0.0637 e. The highest BCUT2D eigenvalue weighted by molar-refractivity contribution is 6.34. The summed E-state index contributed by atoms with van der Waals surface area (Å²) in [6, 6.07) is 4.69. The Hall–Kier alpha value is -0.963. The summed E-state index contributed by atoms with van der Waals surface area (Å²) in [5.41, 5.74) is 4.48. The Morgan fingerprint density at radius 3 is 1.80 bits per heavy atom. The van der Waals surface area contributed by atoms with E-state index in [1.807, 2.05) is 0 Å². The topological polar surface area (TPSA) is 6.48 Å². The number of nitrogens with zero attached hydrogens (tertiary/aromatic N) is 2. The molecule has 0 fully saturated rings. The molecule has 0 N–H and O–H groups in total. The van der Waals surface area contributed by atoms with Crippen LogP contribution in [0.3, 0.4) is 0 Å². The summed E-state index contributed by atoms with van der Waals surface area (Å²) < 4.78 is 0. The molecule has 0 atom stereocenters. The lowest BCUT2D eigenvalue weighted by Crippen LogP contribution is -2.31. The molecular weight excluding hydrogens is 260 g/mol. The van der Waals surface area contributed by atoms with Gasteiger partial charge in [0.2, 0.25) is 0 Å². The van der Waals surface area contributed by atoms with Gasteiger partial charge in [-0.1, -0.05) is 25.1 Å². The first-order valence-electron chi connectivity index (χ1n) is 8.14. The van der Waals surface area contributed by atoms with Crippen LogP contribution in [-0.4, -0.2) is 36.4 Å². The molecule has 0 aliphatic carbocycles. The first kappa shape index (κ1) is 17.1. The predicted octanol–water partition coefficient (Wildman–Crippen LogP) is 2.49. The summed E-state index contributed by atoms with van der Waals surface area (Å²) >= 11 is 0. The molecule has 3 heteroatoms. The molecule has 0 saturated heterocycles. The second-order valence-electron chi connectivity index (χ2n) is 5.66. The van der Waals surface area contributed by atoms with Crippen LogP contribution in [0.4, 0.5) is 11.4 Å². The van der Waals surface area contributed by atoms with E-state index in [1.165, 1.54) is 11.4 Å². The van der Waals surface area contributed by atoms with Crippen LogP contribution in [-0.2, 0) is 0 Å². The minimum Gasteiger partial charge on any atom is -0.370 e. The highest BCUT2D eigenvalue weighted by atomic mass is 28.1. The maximum absolute atomic E-state index is 2.53. The second kappa shape index (κ2) is 7.72. The zero-order chi connectivity index (χ0) is 15.3. The zero-order valence-electron chi connectivity index (χ0n) is 14.5. The molecule has 114 valence electrons. The van der Waals surface area contributed by atoms with Gasteiger partial charge in [-0.05, 0) is 45.2 Å². The third-order valence-corrected chi connectivity index (χ3v) is 5.05. The molecule has 0 aliphatic heterocycles. The van der Waals surface area contributed by atoms with Crippen molar-refractivity contribution in [2.75, 3.05) is 36.0 Å². The lowest BCUT2D eigenvalue weighted by molar-refractivity contribution is 0.803. The van der Waals surface area contributed by atoms with E-state index in [2.05, 4.69) is 63.5 Å². The van der Waals surface area contributed by atoms with Gasteiger partial charge in [-0.15, -0.1) is 0 Å². The molecule has 0 aromatic heterocycles. The molecule has 0 unspecified atom stereocenters. The molecule has 2 nitrogen and oxygen atoms in total. The minimum atomic E-state index is 0.591. The summed E-state index contributed by atoms with van der Waals surface area (Å²) in [4.78, 5) is 5.02. The van der Waals surface area contributed by atoms with Gasteiger partial charge in [-0.25, -0.2) is 0 Å². The van der Waals surface area contributed by atoms with Gasteiger partial charge < -0.3 is 9.80 Å². The lowest BCUT2D eigenvalue weighted by Gasteiger charge is -2.34. The third-order valence-electron chi connectivity index (χ3n) is 4.17. The molecule has 0 heterocycles. The first-order chi connectivity index (χ1) is 9.51. The fraction of sp³-hybridized carbons (Fsp3) is 0.647. The monoisotopic (exact) mass is 292 g/mol. The largest absolute Gasteiger partial charge is 0.370 e.